The van der Waals surface area contributed by atoms with E-state index in [-0.39, 0.29) is 44.4 Å². The largest absolute Gasteiger partial charge is 0.459 e. The fraction of sp³-hybridized carbons (Fsp3) is 0.949. The Kier molecular flexibility index (Phi) is 16.8. The highest BCUT2D eigenvalue weighted by Crippen LogP contribution is 2.39. The summed E-state index contributed by atoms with van der Waals surface area (Å²) >= 11 is 0. The summed E-state index contributed by atoms with van der Waals surface area (Å²) in [6.07, 6.45) is -6.75. The summed E-state index contributed by atoms with van der Waals surface area (Å²) in [6.45, 7) is 15.9. The molecule has 0 radical (unpaired) electrons. The summed E-state index contributed by atoms with van der Waals surface area (Å²) in [5, 5.41) is 46.3. The average Bonchev–Trinajstić information content (AvgIpc) is 3.11. The Bertz CT molecular complexity index is 1210. The van der Waals surface area contributed by atoms with Crippen molar-refractivity contribution in [2.75, 3.05) is 41.4 Å². The van der Waals surface area contributed by atoms with Gasteiger partial charge in [-0.1, -0.05) is 20.8 Å². The first kappa shape index (κ1) is 46.9. The number of hydrogen-bond donors (Lipinski definition) is 4. The number of methoxy groups -OCH3 is 1. The SMILES string of the molecule is CCC(=O)O[C@H]1[C@H](O[C@@H]2[C@@H](C)[C@H](O[C@H]3C[C@@](C)(OC)[C@@H](O)CO3)[C@@H](C)C(=O)O[C@H](CC)[C@@](C)(O)[C@H](O)[C@@H](C)N(C)CCC[C@@]2(C)O)O[C@H](C)C[C@@H]1N(C)C. The zero-order valence-electron chi connectivity index (χ0n) is 35.0. The summed E-state index contributed by atoms with van der Waals surface area (Å²) < 4.78 is 43.6. The molecule has 3 aliphatic heterocycles. The van der Waals surface area contributed by atoms with Gasteiger partial charge in [0.2, 0.25) is 0 Å². The van der Waals surface area contributed by atoms with Crippen LogP contribution in [0.1, 0.15) is 101 Å². The van der Waals surface area contributed by atoms with Gasteiger partial charge >= 0.3 is 11.9 Å². The molecule has 0 aromatic heterocycles. The minimum atomic E-state index is -1.80. The number of cyclic esters (lactones) is 1. The number of carbonyl (C=O) groups is 2. The van der Waals surface area contributed by atoms with Crippen LogP contribution >= 0.6 is 0 Å². The second-order valence-corrected chi connectivity index (χ2v) is 16.9. The van der Waals surface area contributed by atoms with E-state index < -0.39 is 95.8 Å². The van der Waals surface area contributed by atoms with Crippen molar-refractivity contribution >= 4 is 11.9 Å². The predicted molar refractivity (Wildman–Crippen MR) is 199 cm³/mol. The summed E-state index contributed by atoms with van der Waals surface area (Å²) in [5.74, 6) is -2.90. The molecule has 0 spiro atoms. The normalized spacial score (nSPS) is 45.3. The fourth-order valence-corrected chi connectivity index (χ4v) is 8.18. The number of carbonyl (C=O) groups excluding carboxylic acids is 2. The highest BCUT2D eigenvalue weighted by molar-refractivity contribution is 5.73. The average molecular weight is 777 g/mol. The summed E-state index contributed by atoms with van der Waals surface area (Å²) in [5.41, 5.74) is -4.37. The molecule has 0 aliphatic carbocycles. The van der Waals surface area contributed by atoms with Crippen LogP contribution in [0.3, 0.4) is 0 Å². The second-order valence-electron chi connectivity index (χ2n) is 16.9. The Balaban J connectivity index is 2.17. The molecule has 0 amide bonds. The molecule has 0 aromatic rings. The molecule has 3 aliphatic rings. The molecule has 0 aromatic carbocycles. The van der Waals surface area contributed by atoms with Crippen LogP contribution in [0.4, 0.5) is 0 Å². The van der Waals surface area contributed by atoms with Crippen LogP contribution in [-0.2, 0) is 42.7 Å². The third kappa shape index (κ3) is 10.9. The van der Waals surface area contributed by atoms with Crippen molar-refractivity contribution < 1.29 is 63.2 Å². The Morgan fingerprint density at radius 3 is 2.26 bits per heavy atom. The number of aliphatic hydroxyl groups is 4. The molecule has 0 unspecified atom stereocenters. The van der Waals surface area contributed by atoms with Gasteiger partial charge in [-0.25, -0.2) is 0 Å². The molecule has 0 bridgehead atoms. The molecule has 16 atom stereocenters. The van der Waals surface area contributed by atoms with Gasteiger partial charge in [-0.2, -0.15) is 0 Å². The minimum Gasteiger partial charge on any atom is -0.459 e. The molecule has 3 fully saturated rings. The lowest BCUT2D eigenvalue weighted by molar-refractivity contribution is -0.312. The Hall–Kier alpha value is -1.50. The number of ether oxygens (including phenoxy) is 7. The van der Waals surface area contributed by atoms with E-state index in [9.17, 15) is 30.0 Å². The first-order chi connectivity index (χ1) is 25.0. The maximum Gasteiger partial charge on any atom is 0.311 e. The quantitative estimate of drug-likeness (QED) is 0.250. The van der Waals surface area contributed by atoms with Gasteiger partial charge in [0, 0.05) is 31.9 Å². The third-order valence-electron chi connectivity index (χ3n) is 12.3. The van der Waals surface area contributed by atoms with Crippen molar-refractivity contribution in [1.82, 2.24) is 9.80 Å². The molecular weight excluding hydrogens is 704 g/mol. The van der Waals surface area contributed by atoms with Crippen molar-refractivity contribution in [2.45, 2.75) is 185 Å². The Morgan fingerprint density at radius 2 is 1.69 bits per heavy atom. The van der Waals surface area contributed by atoms with Crippen molar-refractivity contribution in [2.24, 2.45) is 11.8 Å². The van der Waals surface area contributed by atoms with Gasteiger partial charge in [0.1, 0.15) is 23.9 Å². The molecule has 54 heavy (non-hydrogen) atoms. The van der Waals surface area contributed by atoms with Crippen LogP contribution in [0.5, 0.6) is 0 Å². The number of hydrogen-bond acceptors (Lipinski definition) is 15. The lowest BCUT2D eigenvalue weighted by Crippen LogP contribution is -2.60. The topological polar surface area (TPSA) is 186 Å². The molecule has 15 nitrogen and oxygen atoms in total. The van der Waals surface area contributed by atoms with Gasteiger partial charge in [0.05, 0.1) is 48.1 Å². The van der Waals surface area contributed by atoms with Crippen LogP contribution in [0, 0.1) is 11.8 Å². The van der Waals surface area contributed by atoms with Crippen molar-refractivity contribution in [3.05, 3.63) is 0 Å². The van der Waals surface area contributed by atoms with Crippen molar-refractivity contribution in [3.8, 4) is 0 Å². The lowest BCUT2D eigenvalue weighted by Gasteiger charge is -2.48. The third-order valence-corrected chi connectivity index (χ3v) is 12.3. The number of likely N-dealkylation sites (N-methyl/N-ethyl adjacent to an activating group) is 2. The van der Waals surface area contributed by atoms with E-state index in [4.69, 9.17) is 33.2 Å². The molecular formula is C39H72N2O13. The van der Waals surface area contributed by atoms with E-state index in [0.717, 1.165) is 0 Å². The van der Waals surface area contributed by atoms with E-state index >= 15 is 0 Å². The zero-order valence-corrected chi connectivity index (χ0v) is 35.0. The first-order valence-electron chi connectivity index (χ1n) is 19.7. The summed E-state index contributed by atoms with van der Waals surface area (Å²) in [6, 6.07) is -0.794. The molecule has 0 saturated carbocycles. The van der Waals surface area contributed by atoms with Crippen molar-refractivity contribution in [3.63, 3.8) is 0 Å². The van der Waals surface area contributed by atoms with Gasteiger partial charge in [0.15, 0.2) is 18.7 Å². The van der Waals surface area contributed by atoms with Crippen LogP contribution in [0.25, 0.3) is 0 Å². The minimum absolute atomic E-state index is 0.0822. The van der Waals surface area contributed by atoms with E-state index in [1.807, 2.05) is 44.8 Å². The fourth-order valence-electron chi connectivity index (χ4n) is 8.18. The molecule has 4 N–H and O–H groups in total. The van der Waals surface area contributed by atoms with Crippen LogP contribution < -0.4 is 0 Å². The number of esters is 2. The standard InChI is InChI=1S/C39H72N2O13/c1-14-28-39(9,47)33(44)25(6)41(12)18-16-17-37(7,46)34(54-36-32(52-29(43)15-2)26(40(10)11)19-22(3)50-36)23(4)31(24(5)35(45)51-28)53-30-20-38(8,48-13)27(42)21-49-30/h22-28,30-34,36,42,44,46-47H,14-21H2,1-13H3/t22-,23+,24-,25-,26+,27+,28-,30+,31+,32-,33-,34-,36+,37-,38-,39-/m1/s1. The first-order valence-corrected chi connectivity index (χ1v) is 19.7. The van der Waals surface area contributed by atoms with Gasteiger partial charge in [-0.3, -0.25) is 9.59 Å². The lowest BCUT2D eigenvalue weighted by atomic mass is 9.79. The van der Waals surface area contributed by atoms with Crippen LogP contribution in [0.15, 0.2) is 0 Å². The highest BCUT2D eigenvalue weighted by atomic mass is 16.7. The van der Waals surface area contributed by atoms with Gasteiger partial charge in [-0.05, 0) is 94.9 Å². The maximum atomic E-state index is 14.2. The summed E-state index contributed by atoms with van der Waals surface area (Å²) in [7, 11) is 7.12. The monoisotopic (exact) mass is 777 g/mol. The number of aliphatic hydroxyl groups excluding tert-OH is 2. The number of nitrogens with zero attached hydrogens (tertiary/aromatic N) is 2. The zero-order chi connectivity index (χ0) is 40.9. The molecule has 3 rings (SSSR count). The smallest absolute Gasteiger partial charge is 0.311 e. The maximum absolute atomic E-state index is 14.2. The van der Waals surface area contributed by atoms with Gasteiger partial charge in [0.25, 0.3) is 0 Å². The molecule has 15 heteroatoms. The van der Waals surface area contributed by atoms with Gasteiger partial charge < -0.3 is 63.4 Å². The van der Waals surface area contributed by atoms with Gasteiger partial charge in [-0.15, -0.1) is 0 Å². The summed E-state index contributed by atoms with van der Waals surface area (Å²) in [4.78, 5) is 30.9. The van der Waals surface area contributed by atoms with E-state index in [1.54, 1.807) is 41.5 Å². The molecule has 316 valence electrons. The van der Waals surface area contributed by atoms with Crippen LogP contribution in [-0.4, -0.2) is 168 Å². The van der Waals surface area contributed by atoms with E-state index in [1.165, 1.54) is 14.0 Å². The predicted octanol–water partition coefficient (Wildman–Crippen LogP) is 2.23. The van der Waals surface area contributed by atoms with Crippen LogP contribution in [0.2, 0.25) is 0 Å². The molecule has 3 heterocycles. The molecule has 3 saturated heterocycles. The highest BCUT2D eigenvalue weighted by Gasteiger charge is 2.52. The van der Waals surface area contributed by atoms with E-state index in [0.29, 0.717) is 19.4 Å². The Morgan fingerprint density at radius 1 is 1.04 bits per heavy atom. The number of rotatable bonds is 9. The van der Waals surface area contributed by atoms with E-state index in [2.05, 4.69) is 0 Å². The Labute approximate surface area is 322 Å². The van der Waals surface area contributed by atoms with Crippen molar-refractivity contribution in [1.29, 1.82) is 0 Å². The second kappa shape index (κ2) is 19.3.